The molecule has 1 unspecified atom stereocenters. The minimum Gasteiger partial charge on any atom is -0.453 e. The SMILES string of the molecule is CCCCCCCCCCC1COC(=S)O1. The molecule has 1 fully saturated rings. The fourth-order valence-corrected chi connectivity index (χ4v) is 2.22. The van der Waals surface area contributed by atoms with Gasteiger partial charge in [0, 0.05) is 12.2 Å². The van der Waals surface area contributed by atoms with Gasteiger partial charge < -0.3 is 9.47 Å². The summed E-state index contributed by atoms with van der Waals surface area (Å²) in [4.78, 5) is 0. The molecule has 1 rings (SSSR count). The standard InChI is InChI=1S/C13H24O2S/c1-2-3-4-5-6-7-8-9-10-12-11-14-13(16)15-12/h12H,2-11H2,1H3. The molecule has 94 valence electrons. The molecular formula is C13H24O2S. The van der Waals surface area contributed by atoms with Crippen LogP contribution >= 0.6 is 12.2 Å². The molecule has 1 aliphatic rings. The monoisotopic (exact) mass is 244 g/mol. The lowest BCUT2D eigenvalue weighted by Gasteiger charge is -2.06. The molecule has 0 amide bonds. The van der Waals surface area contributed by atoms with E-state index in [4.69, 9.17) is 21.7 Å². The number of hydrogen-bond acceptors (Lipinski definition) is 3. The van der Waals surface area contributed by atoms with Crippen LogP contribution in [0.4, 0.5) is 0 Å². The largest absolute Gasteiger partial charge is 0.453 e. The molecule has 0 saturated carbocycles. The van der Waals surface area contributed by atoms with Gasteiger partial charge in [-0.1, -0.05) is 51.9 Å². The van der Waals surface area contributed by atoms with E-state index in [2.05, 4.69) is 6.92 Å². The van der Waals surface area contributed by atoms with E-state index in [0.29, 0.717) is 11.8 Å². The zero-order valence-electron chi connectivity index (χ0n) is 10.4. The Morgan fingerprint density at radius 2 is 1.69 bits per heavy atom. The molecule has 1 atom stereocenters. The van der Waals surface area contributed by atoms with Crippen LogP contribution in [0.5, 0.6) is 0 Å². The molecule has 0 aromatic heterocycles. The number of rotatable bonds is 9. The van der Waals surface area contributed by atoms with Crippen LogP contribution in [-0.4, -0.2) is 17.9 Å². The van der Waals surface area contributed by atoms with Gasteiger partial charge in [-0.15, -0.1) is 0 Å². The average molecular weight is 244 g/mol. The molecule has 2 nitrogen and oxygen atoms in total. The fourth-order valence-electron chi connectivity index (χ4n) is 2.01. The minimum absolute atomic E-state index is 0.229. The highest BCUT2D eigenvalue weighted by Gasteiger charge is 2.20. The van der Waals surface area contributed by atoms with Crippen LogP contribution in [0, 0.1) is 0 Å². The third-order valence-corrected chi connectivity index (χ3v) is 3.24. The van der Waals surface area contributed by atoms with Crippen LogP contribution in [0.3, 0.4) is 0 Å². The number of thiocarbonyl (C=S) groups is 1. The lowest BCUT2D eigenvalue weighted by Crippen LogP contribution is -2.08. The van der Waals surface area contributed by atoms with Crippen molar-refractivity contribution in [2.24, 2.45) is 0 Å². The van der Waals surface area contributed by atoms with Crippen LogP contribution in [0.15, 0.2) is 0 Å². The maximum atomic E-state index is 5.33. The molecule has 1 heterocycles. The first-order valence-corrected chi connectivity index (χ1v) is 7.07. The summed E-state index contributed by atoms with van der Waals surface area (Å²) in [5, 5.41) is 0.338. The van der Waals surface area contributed by atoms with E-state index in [9.17, 15) is 0 Å². The second kappa shape index (κ2) is 8.80. The fraction of sp³-hybridized carbons (Fsp3) is 0.923. The van der Waals surface area contributed by atoms with Crippen molar-refractivity contribution in [1.82, 2.24) is 0 Å². The third kappa shape index (κ3) is 6.31. The zero-order valence-corrected chi connectivity index (χ0v) is 11.2. The summed E-state index contributed by atoms with van der Waals surface area (Å²) in [6, 6.07) is 0. The van der Waals surface area contributed by atoms with Gasteiger partial charge in [0.15, 0.2) is 0 Å². The summed E-state index contributed by atoms with van der Waals surface area (Å²) in [6.07, 6.45) is 12.2. The summed E-state index contributed by atoms with van der Waals surface area (Å²) in [5.41, 5.74) is 0. The third-order valence-electron chi connectivity index (χ3n) is 3.03. The predicted octanol–water partition coefficient (Wildman–Crippen LogP) is 4.22. The number of ether oxygens (including phenoxy) is 2. The molecule has 0 aromatic rings. The summed E-state index contributed by atoms with van der Waals surface area (Å²) in [5.74, 6) is 0. The maximum absolute atomic E-state index is 5.33. The Morgan fingerprint density at radius 1 is 1.06 bits per heavy atom. The van der Waals surface area contributed by atoms with E-state index in [1.807, 2.05) is 0 Å². The van der Waals surface area contributed by atoms with Gasteiger partial charge in [0.2, 0.25) is 0 Å². The van der Waals surface area contributed by atoms with Crippen molar-refractivity contribution >= 4 is 17.5 Å². The van der Waals surface area contributed by atoms with Gasteiger partial charge in [0.05, 0.1) is 0 Å². The highest BCUT2D eigenvalue weighted by Crippen LogP contribution is 2.15. The van der Waals surface area contributed by atoms with E-state index < -0.39 is 0 Å². The van der Waals surface area contributed by atoms with Gasteiger partial charge in [-0.2, -0.15) is 0 Å². The topological polar surface area (TPSA) is 18.5 Å². The summed E-state index contributed by atoms with van der Waals surface area (Å²) < 4.78 is 10.4. The number of unbranched alkanes of at least 4 members (excludes halogenated alkanes) is 7. The molecule has 0 aliphatic carbocycles. The molecule has 16 heavy (non-hydrogen) atoms. The van der Waals surface area contributed by atoms with Crippen molar-refractivity contribution < 1.29 is 9.47 Å². The molecule has 0 aromatic carbocycles. The summed E-state index contributed by atoms with van der Waals surface area (Å²) in [7, 11) is 0. The Balaban J connectivity index is 1.79. The van der Waals surface area contributed by atoms with Gasteiger partial charge in [0.1, 0.15) is 12.7 Å². The summed E-state index contributed by atoms with van der Waals surface area (Å²) in [6.45, 7) is 2.92. The van der Waals surface area contributed by atoms with E-state index in [1.54, 1.807) is 0 Å². The molecule has 0 radical (unpaired) electrons. The predicted molar refractivity (Wildman–Crippen MR) is 70.7 cm³/mol. The van der Waals surface area contributed by atoms with Crippen LogP contribution in [0.25, 0.3) is 0 Å². The highest BCUT2D eigenvalue weighted by molar-refractivity contribution is 7.79. The van der Waals surface area contributed by atoms with Crippen molar-refractivity contribution in [1.29, 1.82) is 0 Å². The first-order chi connectivity index (χ1) is 7.83. The Labute approximate surface area is 105 Å². The van der Waals surface area contributed by atoms with Gasteiger partial charge in [-0.25, -0.2) is 0 Å². The summed E-state index contributed by atoms with van der Waals surface area (Å²) >= 11 is 4.81. The molecule has 1 aliphatic heterocycles. The Hall–Kier alpha value is -0.310. The van der Waals surface area contributed by atoms with E-state index in [0.717, 1.165) is 6.42 Å². The van der Waals surface area contributed by atoms with Crippen molar-refractivity contribution in [3.8, 4) is 0 Å². The Morgan fingerprint density at radius 3 is 2.25 bits per heavy atom. The quantitative estimate of drug-likeness (QED) is 0.447. The molecular weight excluding hydrogens is 220 g/mol. The second-order valence-electron chi connectivity index (χ2n) is 4.56. The van der Waals surface area contributed by atoms with Gasteiger partial charge in [-0.3, -0.25) is 0 Å². The first-order valence-electron chi connectivity index (χ1n) is 6.66. The van der Waals surface area contributed by atoms with Gasteiger partial charge >= 0.3 is 5.24 Å². The minimum atomic E-state index is 0.229. The van der Waals surface area contributed by atoms with Crippen molar-refractivity contribution in [2.75, 3.05) is 6.61 Å². The van der Waals surface area contributed by atoms with Crippen LogP contribution < -0.4 is 0 Å². The lowest BCUT2D eigenvalue weighted by atomic mass is 10.1. The van der Waals surface area contributed by atoms with Crippen LogP contribution in [0.2, 0.25) is 0 Å². The van der Waals surface area contributed by atoms with E-state index in [1.165, 1.54) is 51.4 Å². The second-order valence-corrected chi connectivity index (χ2v) is 4.90. The highest BCUT2D eigenvalue weighted by atomic mass is 32.1. The zero-order chi connectivity index (χ0) is 11.6. The molecule has 0 N–H and O–H groups in total. The van der Waals surface area contributed by atoms with Crippen molar-refractivity contribution in [2.45, 2.75) is 70.8 Å². The Bertz CT molecular complexity index is 194. The lowest BCUT2D eigenvalue weighted by molar-refractivity contribution is 0.213. The maximum Gasteiger partial charge on any atom is 0.352 e. The molecule has 1 saturated heterocycles. The number of hydrogen-bond donors (Lipinski definition) is 0. The molecule has 0 spiro atoms. The van der Waals surface area contributed by atoms with E-state index in [-0.39, 0.29) is 6.10 Å². The average Bonchev–Trinajstić information content (AvgIpc) is 2.68. The normalized spacial score (nSPS) is 19.6. The van der Waals surface area contributed by atoms with Crippen LogP contribution in [-0.2, 0) is 9.47 Å². The first kappa shape index (κ1) is 13.8. The van der Waals surface area contributed by atoms with Gasteiger partial charge in [-0.05, 0) is 12.8 Å². The van der Waals surface area contributed by atoms with Crippen LogP contribution in [0.1, 0.15) is 64.7 Å². The van der Waals surface area contributed by atoms with Crippen molar-refractivity contribution in [3.63, 3.8) is 0 Å². The molecule has 3 heteroatoms. The molecule has 0 bridgehead atoms. The van der Waals surface area contributed by atoms with Gasteiger partial charge in [0.25, 0.3) is 0 Å². The smallest absolute Gasteiger partial charge is 0.352 e. The Kier molecular flexibility index (Phi) is 7.56. The van der Waals surface area contributed by atoms with Crippen molar-refractivity contribution in [3.05, 3.63) is 0 Å². The van der Waals surface area contributed by atoms with E-state index >= 15 is 0 Å².